The highest BCUT2D eigenvalue weighted by Crippen LogP contribution is 2.32. The Labute approximate surface area is 181 Å². The average Bonchev–Trinajstić information content (AvgIpc) is 2.77. The standard InChI is InChI=1S/C23H23FN2O4S/c1-3-17-7-6-8-19(15-17)25-23(27)16-26(21-9-4-5-10-22(21)30-2)31(28,29)20-13-11-18(24)12-14-20/h4-15H,3,16H2,1-2H3,(H,25,27). The fourth-order valence-corrected chi connectivity index (χ4v) is 4.50. The molecule has 0 saturated carbocycles. The first-order chi connectivity index (χ1) is 14.8. The Kier molecular flexibility index (Phi) is 6.91. The van der Waals surface area contributed by atoms with Gasteiger partial charge in [-0.05, 0) is 60.5 Å². The maximum atomic E-state index is 13.4. The number of para-hydroxylation sites is 2. The Morgan fingerprint density at radius 2 is 1.74 bits per heavy atom. The van der Waals surface area contributed by atoms with Crippen molar-refractivity contribution < 1.29 is 22.3 Å². The van der Waals surface area contributed by atoms with Crippen LogP contribution in [0.3, 0.4) is 0 Å². The van der Waals surface area contributed by atoms with Gasteiger partial charge >= 0.3 is 0 Å². The number of benzene rings is 3. The molecular formula is C23H23FN2O4S. The summed E-state index contributed by atoms with van der Waals surface area (Å²) < 4.78 is 46.3. The summed E-state index contributed by atoms with van der Waals surface area (Å²) in [6.07, 6.45) is 0.802. The zero-order valence-corrected chi connectivity index (χ0v) is 18.0. The normalized spacial score (nSPS) is 11.1. The summed E-state index contributed by atoms with van der Waals surface area (Å²) in [5.41, 5.74) is 1.81. The van der Waals surface area contributed by atoms with Crippen LogP contribution in [0.1, 0.15) is 12.5 Å². The predicted molar refractivity (Wildman–Crippen MR) is 118 cm³/mol. The van der Waals surface area contributed by atoms with E-state index in [4.69, 9.17) is 4.74 Å². The van der Waals surface area contributed by atoms with Crippen LogP contribution in [0, 0.1) is 5.82 Å². The molecule has 0 radical (unpaired) electrons. The molecule has 8 heteroatoms. The monoisotopic (exact) mass is 442 g/mol. The van der Waals surface area contributed by atoms with Crippen LogP contribution in [0.25, 0.3) is 0 Å². The van der Waals surface area contributed by atoms with Crippen molar-refractivity contribution in [3.05, 3.63) is 84.2 Å². The highest BCUT2D eigenvalue weighted by Gasteiger charge is 2.29. The van der Waals surface area contributed by atoms with Gasteiger partial charge in [-0.25, -0.2) is 12.8 Å². The summed E-state index contributed by atoms with van der Waals surface area (Å²) in [4.78, 5) is 12.7. The largest absolute Gasteiger partial charge is 0.495 e. The van der Waals surface area contributed by atoms with Crippen LogP contribution in [0.5, 0.6) is 5.75 Å². The zero-order valence-electron chi connectivity index (χ0n) is 17.2. The molecule has 0 fully saturated rings. The lowest BCUT2D eigenvalue weighted by atomic mass is 10.1. The fourth-order valence-electron chi connectivity index (χ4n) is 3.07. The molecule has 162 valence electrons. The number of methoxy groups -OCH3 is 1. The van der Waals surface area contributed by atoms with Crippen molar-refractivity contribution >= 4 is 27.3 Å². The van der Waals surface area contributed by atoms with Crippen LogP contribution in [0.2, 0.25) is 0 Å². The van der Waals surface area contributed by atoms with Crippen LogP contribution in [-0.4, -0.2) is 28.0 Å². The lowest BCUT2D eigenvalue weighted by molar-refractivity contribution is -0.114. The molecule has 3 aromatic rings. The topological polar surface area (TPSA) is 75.7 Å². The van der Waals surface area contributed by atoms with E-state index in [1.807, 2.05) is 25.1 Å². The minimum Gasteiger partial charge on any atom is -0.495 e. The SMILES string of the molecule is CCc1cccc(NC(=O)CN(c2ccccc2OC)S(=O)(=O)c2ccc(F)cc2)c1. The maximum Gasteiger partial charge on any atom is 0.264 e. The van der Waals surface area contributed by atoms with Gasteiger partial charge in [0.2, 0.25) is 5.91 Å². The third-order valence-electron chi connectivity index (χ3n) is 4.66. The van der Waals surface area contributed by atoms with Gasteiger partial charge in [-0.2, -0.15) is 0 Å². The highest BCUT2D eigenvalue weighted by atomic mass is 32.2. The summed E-state index contributed by atoms with van der Waals surface area (Å²) in [6.45, 7) is 1.51. The maximum absolute atomic E-state index is 13.4. The van der Waals surface area contributed by atoms with Crippen LogP contribution in [0.4, 0.5) is 15.8 Å². The predicted octanol–water partition coefficient (Wildman–Crippen LogP) is 4.23. The molecule has 0 spiro atoms. The Balaban J connectivity index is 1.97. The Morgan fingerprint density at radius 3 is 2.42 bits per heavy atom. The first-order valence-electron chi connectivity index (χ1n) is 9.65. The number of aryl methyl sites for hydroxylation is 1. The van der Waals surface area contributed by atoms with E-state index in [1.165, 1.54) is 7.11 Å². The fraction of sp³-hybridized carbons (Fsp3) is 0.174. The first-order valence-corrected chi connectivity index (χ1v) is 11.1. The van der Waals surface area contributed by atoms with Crippen molar-refractivity contribution in [2.24, 2.45) is 0 Å². The van der Waals surface area contributed by atoms with Crippen molar-refractivity contribution in [1.82, 2.24) is 0 Å². The van der Waals surface area contributed by atoms with Crippen molar-refractivity contribution in [3.8, 4) is 5.75 Å². The lowest BCUT2D eigenvalue weighted by Gasteiger charge is -2.25. The van der Waals surface area contributed by atoms with Crippen LogP contribution < -0.4 is 14.4 Å². The minimum atomic E-state index is -4.18. The summed E-state index contributed by atoms with van der Waals surface area (Å²) in [5.74, 6) is -0.796. The van der Waals surface area contributed by atoms with Crippen molar-refractivity contribution in [2.75, 3.05) is 23.3 Å². The lowest BCUT2D eigenvalue weighted by Crippen LogP contribution is -2.38. The van der Waals surface area contributed by atoms with Gasteiger partial charge < -0.3 is 10.1 Å². The second kappa shape index (κ2) is 9.61. The van der Waals surface area contributed by atoms with Crippen LogP contribution in [0.15, 0.2) is 77.7 Å². The van der Waals surface area contributed by atoms with E-state index in [9.17, 15) is 17.6 Å². The van der Waals surface area contributed by atoms with Gasteiger partial charge in [-0.1, -0.05) is 31.2 Å². The quantitative estimate of drug-likeness (QED) is 0.567. The number of carbonyl (C=O) groups is 1. The molecule has 3 rings (SSSR count). The number of hydrogen-bond donors (Lipinski definition) is 1. The van der Waals surface area contributed by atoms with E-state index in [2.05, 4.69) is 5.32 Å². The second-order valence-electron chi connectivity index (χ2n) is 6.74. The van der Waals surface area contributed by atoms with E-state index in [1.54, 1.807) is 30.3 Å². The van der Waals surface area contributed by atoms with Gasteiger partial charge in [0.25, 0.3) is 10.0 Å². The third kappa shape index (κ3) is 5.21. The molecule has 0 aliphatic carbocycles. The number of anilines is 2. The molecule has 3 aromatic carbocycles. The van der Waals surface area contributed by atoms with E-state index in [0.29, 0.717) is 5.69 Å². The van der Waals surface area contributed by atoms with Gasteiger partial charge in [0, 0.05) is 5.69 Å². The van der Waals surface area contributed by atoms with Crippen molar-refractivity contribution in [3.63, 3.8) is 0 Å². The van der Waals surface area contributed by atoms with Gasteiger partial charge in [0.15, 0.2) is 0 Å². The third-order valence-corrected chi connectivity index (χ3v) is 6.44. The summed E-state index contributed by atoms with van der Waals surface area (Å²) in [7, 11) is -2.76. The second-order valence-corrected chi connectivity index (χ2v) is 8.60. The number of rotatable bonds is 8. The molecule has 1 amide bonds. The molecule has 0 aliphatic heterocycles. The van der Waals surface area contributed by atoms with E-state index < -0.39 is 28.3 Å². The first kappa shape index (κ1) is 22.3. The Morgan fingerprint density at radius 1 is 1.03 bits per heavy atom. The van der Waals surface area contributed by atoms with Crippen molar-refractivity contribution in [2.45, 2.75) is 18.2 Å². The van der Waals surface area contributed by atoms with Gasteiger partial charge in [0.05, 0.1) is 17.7 Å². The van der Waals surface area contributed by atoms with Crippen LogP contribution in [-0.2, 0) is 21.2 Å². The van der Waals surface area contributed by atoms with Gasteiger partial charge in [-0.3, -0.25) is 9.10 Å². The van der Waals surface area contributed by atoms with Gasteiger partial charge in [0.1, 0.15) is 18.1 Å². The number of ether oxygens (including phenoxy) is 1. The molecule has 1 N–H and O–H groups in total. The van der Waals surface area contributed by atoms with Gasteiger partial charge in [-0.15, -0.1) is 0 Å². The summed E-state index contributed by atoms with van der Waals surface area (Å²) >= 11 is 0. The average molecular weight is 443 g/mol. The number of nitrogens with zero attached hydrogens (tertiary/aromatic N) is 1. The number of carbonyl (C=O) groups excluding carboxylic acids is 1. The smallest absolute Gasteiger partial charge is 0.264 e. The molecule has 0 atom stereocenters. The molecule has 0 heterocycles. The Bertz CT molecular complexity index is 1160. The molecule has 31 heavy (non-hydrogen) atoms. The zero-order chi connectivity index (χ0) is 22.4. The molecule has 0 aromatic heterocycles. The number of hydrogen-bond acceptors (Lipinski definition) is 4. The summed E-state index contributed by atoms with van der Waals surface area (Å²) in [5, 5.41) is 2.74. The molecule has 0 aliphatic rings. The number of sulfonamides is 1. The number of nitrogens with one attached hydrogen (secondary N) is 1. The highest BCUT2D eigenvalue weighted by molar-refractivity contribution is 7.92. The molecule has 0 unspecified atom stereocenters. The van der Waals surface area contributed by atoms with Crippen LogP contribution >= 0.6 is 0 Å². The molecule has 0 bridgehead atoms. The van der Waals surface area contributed by atoms with E-state index in [-0.39, 0.29) is 16.3 Å². The van der Waals surface area contributed by atoms with Crippen molar-refractivity contribution in [1.29, 1.82) is 0 Å². The molecular weight excluding hydrogens is 419 g/mol. The minimum absolute atomic E-state index is 0.138. The summed E-state index contributed by atoms with van der Waals surface area (Å²) in [6, 6.07) is 18.3. The number of amides is 1. The molecule has 6 nitrogen and oxygen atoms in total. The molecule has 0 saturated heterocycles. The van der Waals surface area contributed by atoms with E-state index in [0.717, 1.165) is 40.6 Å². The Hall–Kier alpha value is -3.39. The number of halogens is 1. The van der Waals surface area contributed by atoms with E-state index >= 15 is 0 Å².